The van der Waals surface area contributed by atoms with Crippen molar-refractivity contribution in [2.75, 3.05) is 11.9 Å². The number of carbonyl (C=O) groups is 1. The van der Waals surface area contributed by atoms with Crippen LogP contribution >= 0.6 is 11.8 Å². The van der Waals surface area contributed by atoms with Gasteiger partial charge in [0.2, 0.25) is 10.0 Å². The van der Waals surface area contributed by atoms with Gasteiger partial charge >= 0.3 is 0 Å². The highest BCUT2D eigenvalue weighted by Gasteiger charge is 2.14. The van der Waals surface area contributed by atoms with Gasteiger partial charge in [-0.1, -0.05) is 18.7 Å². The Morgan fingerprint density at radius 2 is 1.79 bits per heavy atom. The third-order valence-corrected chi connectivity index (χ3v) is 6.50. The average Bonchev–Trinajstić information content (AvgIpc) is 3.08. The van der Waals surface area contributed by atoms with Crippen molar-refractivity contribution in [3.63, 3.8) is 0 Å². The van der Waals surface area contributed by atoms with Crippen molar-refractivity contribution in [2.24, 2.45) is 7.05 Å². The predicted molar refractivity (Wildman–Crippen MR) is 109 cm³/mol. The van der Waals surface area contributed by atoms with Crippen LogP contribution in [0.3, 0.4) is 0 Å². The lowest BCUT2D eigenvalue weighted by atomic mass is 10.2. The van der Waals surface area contributed by atoms with E-state index in [1.165, 1.54) is 36.0 Å². The molecule has 0 spiro atoms. The first-order chi connectivity index (χ1) is 13.4. The van der Waals surface area contributed by atoms with Crippen molar-refractivity contribution in [3.05, 3.63) is 66.5 Å². The number of hydrogen-bond donors (Lipinski definition) is 2. The molecule has 0 fully saturated rings. The number of aryl methyl sites for hydroxylation is 1. The number of aromatic nitrogens is 2. The highest BCUT2D eigenvalue weighted by molar-refractivity contribution is 7.99. The zero-order chi connectivity index (χ0) is 20.1. The third-order valence-electron chi connectivity index (χ3n) is 3.86. The van der Waals surface area contributed by atoms with Crippen LogP contribution in [0.4, 0.5) is 5.69 Å². The van der Waals surface area contributed by atoms with Crippen molar-refractivity contribution >= 4 is 33.4 Å². The summed E-state index contributed by atoms with van der Waals surface area (Å²) in [6.07, 6.45) is 3.62. The first-order valence-corrected chi connectivity index (χ1v) is 10.9. The molecule has 0 aliphatic heterocycles. The largest absolute Gasteiger partial charge is 0.329 e. The highest BCUT2D eigenvalue weighted by Crippen LogP contribution is 2.27. The minimum atomic E-state index is -3.53. The number of anilines is 1. The van der Waals surface area contributed by atoms with Gasteiger partial charge in [0, 0.05) is 42.1 Å². The monoisotopic (exact) mass is 416 g/mol. The van der Waals surface area contributed by atoms with E-state index in [-0.39, 0.29) is 10.8 Å². The van der Waals surface area contributed by atoms with Crippen LogP contribution in [0.1, 0.15) is 17.3 Å². The second-order valence-electron chi connectivity index (χ2n) is 5.93. The summed E-state index contributed by atoms with van der Waals surface area (Å²) in [4.78, 5) is 17.8. The fraction of sp³-hybridized carbons (Fsp3) is 0.158. The highest BCUT2D eigenvalue weighted by atomic mass is 32.2. The number of nitrogens with one attached hydrogen (secondary N) is 2. The SMILES string of the molecule is CCNS(=O)(=O)c1ccc(C(=O)Nc2ccc(Sc3nccn3C)cc2)cc1. The van der Waals surface area contributed by atoms with Gasteiger partial charge < -0.3 is 9.88 Å². The van der Waals surface area contributed by atoms with Crippen molar-refractivity contribution in [3.8, 4) is 0 Å². The molecular weight excluding hydrogens is 396 g/mol. The maximum Gasteiger partial charge on any atom is 0.255 e. The molecule has 1 amide bonds. The first-order valence-electron chi connectivity index (χ1n) is 8.55. The lowest BCUT2D eigenvalue weighted by Crippen LogP contribution is -2.23. The van der Waals surface area contributed by atoms with E-state index in [1.54, 1.807) is 13.1 Å². The number of imidazole rings is 1. The fourth-order valence-electron chi connectivity index (χ4n) is 2.42. The van der Waals surface area contributed by atoms with Crippen molar-refractivity contribution in [1.29, 1.82) is 0 Å². The molecule has 146 valence electrons. The number of benzene rings is 2. The molecule has 0 bridgehead atoms. The van der Waals surface area contributed by atoms with E-state index in [2.05, 4.69) is 15.0 Å². The van der Waals surface area contributed by atoms with Gasteiger partial charge in [-0.15, -0.1) is 0 Å². The Labute approximate surface area is 168 Å². The minimum absolute atomic E-state index is 0.126. The number of carbonyl (C=O) groups excluding carboxylic acids is 1. The van der Waals surface area contributed by atoms with E-state index in [9.17, 15) is 13.2 Å². The molecule has 1 aromatic heterocycles. The number of hydrogen-bond acceptors (Lipinski definition) is 5. The van der Waals surface area contributed by atoms with Crippen LogP contribution in [-0.4, -0.2) is 30.4 Å². The number of amides is 1. The van der Waals surface area contributed by atoms with E-state index in [0.29, 0.717) is 17.8 Å². The van der Waals surface area contributed by atoms with E-state index < -0.39 is 10.0 Å². The Hall–Kier alpha value is -2.62. The summed E-state index contributed by atoms with van der Waals surface area (Å²) in [5.74, 6) is -0.308. The number of sulfonamides is 1. The summed E-state index contributed by atoms with van der Waals surface area (Å²) in [6, 6.07) is 13.2. The van der Waals surface area contributed by atoms with E-state index >= 15 is 0 Å². The molecule has 3 aromatic rings. The zero-order valence-corrected chi connectivity index (χ0v) is 17.0. The Morgan fingerprint density at radius 3 is 2.36 bits per heavy atom. The smallest absolute Gasteiger partial charge is 0.255 e. The van der Waals surface area contributed by atoms with Crippen LogP contribution in [0.2, 0.25) is 0 Å². The van der Waals surface area contributed by atoms with Gasteiger partial charge in [0.1, 0.15) is 0 Å². The van der Waals surface area contributed by atoms with E-state index in [4.69, 9.17) is 0 Å². The molecule has 0 atom stereocenters. The molecule has 1 heterocycles. The van der Waals surface area contributed by atoms with Gasteiger partial charge in [-0.25, -0.2) is 18.1 Å². The maximum atomic E-state index is 12.4. The summed E-state index contributed by atoms with van der Waals surface area (Å²) >= 11 is 1.53. The lowest BCUT2D eigenvalue weighted by Gasteiger charge is -2.08. The fourth-order valence-corrected chi connectivity index (χ4v) is 4.27. The van der Waals surface area contributed by atoms with E-state index in [0.717, 1.165) is 10.1 Å². The molecular formula is C19H20N4O3S2. The van der Waals surface area contributed by atoms with Gasteiger partial charge in [0.25, 0.3) is 5.91 Å². The molecule has 2 N–H and O–H groups in total. The second kappa shape index (κ2) is 8.59. The third kappa shape index (κ3) is 4.80. The van der Waals surface area contributed by atoms with Crippen LogP contribution in [0.15, 0.2) is 75.9 Å². The molecule has 0 radical (unpaired) electrons. The van der Waals surface area contributed by atoms with Gasteiger partial charge in [0.05, 0.1) is 4.90 Å². The molecule has 0 unspecified atom stereocenters. The van der Waals surface area contributed by atoms with E-state index in [1.807, 2.05) is 42.1 Å². The average molecular weight is 417 g/mol. The Bertz CT molecular complexity index is 1060. The van der Waals surface area contributed by atoms with Gasteiger partial charge in [-0.05, 0) is 48.5 Å². The molecule has 0 aliphatic rings. The van der Waals surface area contributed by atoms with Gasteiger partial charge in [-0.3, -0.25) is 4.79 Å². The molecule has 7 nitrogen and oxygen atoms in total. The Morgan fingerprint density at radius 1 is 1.11 bits per heavy atom. The van der Waals surface area contributed by atoms with Crippen LogP contribution in [0.5, 0.6) is 0 Å². The Kier molecular flexibility index (Phi) is 6.18. The van der Waals surface area contributed by atoms with Crippen molar-refractivity contribution in [1.82, 2.24) is 14.3 Å². The molecule has 0 saturated heterocycles. The summed E-state index contributed by atoms with van der Waals surface area (Å²) < 4.78 is 28.2. The van der Waals surface area contributed by atoms with Crippen molar-refractivity contribution < 1.29 is 13.2 Å². The Balaban J connectivity index is 1.65. The second-order valence-corrected chi connectivity index (χ2v) is 8.73. The minimum Gasteiger partial charge on any atom is -0.329 e. The van der Waals surface area contributed by atoms with Gasteiger partial charge in [0.15, 0.2) is 5.16 Å². The quantitative estimate of drug-likeness (QED) is 0.617. The van der Waals surface area contributed by atoms with Crippen LogP contribution < -0.4 is 10.0 Å². The molecule has 3 rings (SSSR count). The molecule has 0 aliphatic carbocycles. The molecule has 0 saturated carbocycles. The van der Waals surface area contributed by atoms with Crippen LogP contribution in [0, 0.1) is 0 Å². The van der Waals surface area contributed by atoms with Gasteiger partial charge in [-0.2, -0.15) is 0 Å². The summed E-state index contributed by atoms with van der Waals surface area (Å²) in [5, 5.41) is 3.68. The van der Waals surface area contributed by atoms with Crippen LogP contribution in [-0.2, 0) is 17.1 Å². The summed E-state index contributed by atoms with van der Waals surface area (Å²) in [7, 11) is -1.60. The molecule has 28 heavy (non-hydrogen) atoms. The molecule has 2 aromatic carbocycles. The predicted octanol–water partition coefficient (Wildman–Crippen LogP) is 3.12. The standard InChI is InChI=1S/C19H20N4O3S2/c1-3-21-28(25,26)17-10-4-14(5-11-17)18(24)22-15-6-8-16(9-7-15)27-19-20-12-13-23(19)2/h4-13,21H,3H2,1-2H3,(H,22,24). The van der Waals surface area contributed by atoms with Crippen molar-refractivity contribution in [2.45, 2.75) is 21.9 Å². The molecule has 9 heteroatoms. The number of nitrogens with zero attached hydrogens (tertiary/aromatic N) is 2. The summed E-state index contributed by atoms with van der Waals surface area (Å²) in [5.41, 5.74) is 1.03. The normalized spacial score (nSPS) is 11.4. The van der Waals surface area contributed by atoms with Crippen LogP contribution in [0.25, 0.3) is 0 Å². The zero-order valence-electron chi connectivity index (χ0n) is 15.4. The first kappa shape index (κ1) is 20.1. The number of rotatable bonds is 7. The topological polar surface area (TPSA) is 93.1 Å². The summed E-state index contributed by atoms with van der Waals surface area (Å²) in [6.45, 7) is 2.01. The lowest BCUT2D eigenvalue weighted by molar-refractivity contribution is 0.102. The maximum absolute atomic E-state index is 12.4.